The summed E-state index contributed by atoms with van der Waals surface area (Å²) in [5.41, 5.74) is 0.478. The van der Waals surface area contributed by atoms with E-state index in [2.05, 4.69) is 22.1 Å². The van der Waals surface area contributed by atoms with Crippen LogP contribution < -0.4 is 10.1 Å². The fourth-order valence-corrected chi connectivity index (χ4v) is 3.13. The first-order valence-electron chi connectivity index (χ1n) is 6.74. The number of hydrogen-bond acceptors (Lipinski definition) is 6. The van der Waals surface area contributed by atoms with Crippen molar-refractivity contribution in [1.82, 2.24) is 10.2 Å². The molecule has 1 aromatic heterocycles. The predicted octanol–water partition coefficient (Wildman–Crippen LogP) is 3.86. The van der Waals surface area contributed by atoms with E-state index in [1.54, 1.807) is 24.3 Å². The van der Waals surface area contributed by atoms with Crippen LogP contribution >= 0.6 is 23.1 Å². The molecule has 0 spiro atoms. The summed E-state index contributed by atoms with van der Waals surface area (Å²) in [5, 5.41) is 11.2. The molecule has 0 fully saturated rings. The molecule has 0 aliphatic rings. The van der Waals surface area contributed by atoms with Crippen LogP contribution in [0.3, 0.4) is 0 Å². The molecule has 1 heterocycles. The van der Waals surface area contributed by atoms with Gasteiger partial charge in [0.25, 0.3) is 5.91 Å². The van der Waals surface area contributed by atoms with Gasteiger partial charge >= 0.3 is 0 Å². The van der Waals surface area contributed by atoms with Crippen molar-refractivity contribution in [2.24, 2.45) is 0 Å². The van der Waals surface area contributed by atoms with Gasteiger partial charge in [-0.2, -0.15) is 0 Å². The lowest BCUT2D eigenvalue weighted by molar-refractivity contribution is 0.102. The molecule has 1 aromatic carbocycles. The third-order valence-electron chi connectivity index (χ3n) is 2.45. The number of hydrogen-bond donors (Lipinski definition) is 1. The van der Waals surface area contributed by atoms with Gasteiger partial charge in [-0.05, 0) is 26.0 Å². The fraction of sp³-hybridized carbons (Fsp3) is 0.267. The van der Waals surface area contributed by atoms with Crippen molar-refractivity contribution in [1.29, 1.82) is 0 Å². The zero-order valence-corrected chi connectivity index (χ0v) is 14.0. The zero-order chi connectivity index (χ0) is 15.9. The maximum absolute atomic E-state index is 12.4. The van der Waals surface area contributed by atoms with Gasteiger partial charge in [0.1, 0.15) is 5.75 Å². The first kappa shape index (κ1) is 16.5. The first-order valence-corrected chi connectivity index (χ1v) is 8.54. The molecule has 0 saturated carbocycles. The second-order valence-electron chi connectivity index (χ2n) is 4.59. The molecule has 0 radical (unpaired) electrons. The highest BCUT2D eigenvalue weighted by Gasteiger charge is 2.15. The summed E-state index contributed by atoms with van der Waals surface area (Å²) in [6.45, 7) is 7.49. The number of rotatable bonds is 7. The Bertz CT molecular complexity index is 656. The van der Waals surface area contributed by atoms with E-state index in [1.165, 1.54) is 23.1 Å². The highest BCUT2D eigenvalue weighted by atomic mass is 32.2. The summed E-state index contributed by atoms with van der Waals surface area (Å²) >= 11 is 2.86. The number of amides is 1. The highest BCUT2D eigenvalue weighted by molar-refractivity contribution is 8.01. The molecule has 1 amide bonds. The molecule has 116 valence electrons. The van der Waals surface area contributed by atoms with E-state index < -0.39 is 0 Å². The molecule has 7 heteroatoms. The second-order valence-corrected chi connectivity index (χ2v) is 6.83. The van der Waals surface area contributed by atoms with Crippen molar-refractivity contribution in [2.75, 3.05) is 11.1 Å². The van der Waals surface area contributed by atoms with E-state index in [1.807, 2.05) is 19.9 Å². The van der Waals surface area contributed by atoms with Gasteiger partial charge in [0, 0.05) is 5.75 Å². The average Bonchev–Trinajstić information content (AvgIpc) is 2.92. The van der Waals surface area contributed by atoms with Crippen LogP contribution in [0.2, 0.25) is 0 Å². The number of para-hydroxylation sites is 1. The second kappa shape index (κ2) is 7.95. The Morgan fingerprint density at radius 3 is 2.95 bits per heavy atom. The van der Waals surface area contributed by atoms with Crippen molar-refractivity contribution < 1.29 is 9.53 Å². The summed E-state index contributed by atoms with van der Waals surface area (Å²) in [4.78, 5) is 12.4. The Hall–Kier alpha value is -1.86. The summed E-state index contributed by atoms with van der Waals surface area (Å²) in [6.07, 6.45) is 1.79. The zero-order valence-electron chi connectivity index (χ0n) is 12.4. The largest absolute Gasteiger partial charge is 0.490 e. The van der Waals surface area contributed by atoms with Gasteiger partial charge in [-0.15, -0.1) is 16.8 Å². The first-order chi connectivity index (χ1) is 10.6. The molecule has 0 aliphatic heterocycles. The lowest BCUT2D eigenvalue weighted by Gasteiger charge is -2.13. The van der Waals surface area contributed by atoms with Gasteiger partial charge in [0.2, 0.25) is 5.13 Å². The van der Waals surface area contributed by atoms with E-state index >= 15 is 0 Å². The monoisotopic (exact) mass is 335 g/mol. The molecule has 0 bridgehead atoms. The number of nitrogens with one attached hydrogen (secondary N) is 1. The highest BCUT2D eigenvalue weighted by Crippen LogP contribution is 2.27. The Morgan fingerprint density at radius 1 is 1.45 bits per heavy atom. The maximum Gasteiger partial charge on any atom is 0.261 e. The summed E-state index contributed by atoms with van der Waals surface area (Å²) < 4.78 is 6.45. The van der Waals surface area contributed by atoms with Crippen molar-refractivity contribution >= 4 is 34.1 Å². The fourth-order valence-electron chi connectivity index (χ4n) is 1.62. The number of carbonyl (C=O) groups is 1. The number of benzene rings is 1. The Morgan fingerprint density at radius 2 is 2.23 bits per heavy atom. The van der Waals surface area contributed by atoms with Crippen LogP contribution in [-0.4, -0.2) is 28.0 Å². The SMILES string of the molecule is C=CCSc1nnc(NC(=O)c2ccccc2OC(C)C)s1. The molecule has 0 saturated heterocycles. The molecule has 5 nitrogen and oxygen atoms in total. The quantitative estimate of drug-likeness (QED) is 0.473. The minimum absolute atomic E-state index is 0.00242. The van der Waals surface area contributed by atoms with E-state index in [4.69, 9.17) is 4.74 Å². The topological polar surface area (TPSA) is 64.1 Å². The van der Waals surface area contributed by atoms with Crippen LogP contribution in [0.5, 0.6) is 5.75 Å². The van der Waals surface area contributed by atoms with Gasteiger partial charge in [0.05, 0.1) is 11.7 Å². The number of thioether (sulfide) groups is 1. The van der Waals surface area contributed by atoms with Crippen LogP contribution in [0.15, 0.2) is 41.3 Å². The van der Waals surface area contributed by atoms with Gasteiger partial charge < -0.3 is 4.74 Å². The van der Waals surface area contributed by atoms with Crippen LogP contribution in [-0.2, 0) is 0 Å². The number of carbonyl (C=O) groups excluding carboxylic acids is 1. The van der Waals surface area contributed by atoms with Crippen LogP contribution in [0.4, 0.5) is 5.13 Å². The number of nitrogens with zero attached hydrogens (tertiary/aromatic N) is 2. The summed E-state index contributed by atoms with van der Waals surface area (Å²) in [6, 6.07) is 7.14. The van der Waals surface area contributed by atoms with Gasteiger partial charge in [-0.25, -0.2) is 0 Å². The molecule has 22 heavy (non-hydrogen) atoms. The average molecular weight is 335 g/mol. The van der Waals surface area contributed by atoms with Crippen molar-refractivity contribution in [3.05, 3.63) is 42.5 Å². The normalized spacial score (nSPS) is 10.5. The minimum atomic E-state index is -0.257. The molecule has 0 atom stereocenters. The van der Waals surface area contributed by atoms with E-state index in [9.17, 15) is 4.79 Å². The van der Waals surface area contributed by atoms with Crippen molar-refractivity contribution in [3.63, 3.8) is 0 Å². The molecule has 0 aliphatic carbocycles. The smallest absolute Gasteiger partial charge is 0.261 e. The Labute approximate surface area is 137 Å². The number of ether oxygens (including phenoxy) is 1. The summed E-state index contributed by atoms with van der Waals surface area (Å²) in [7, 11) is 0. The van der Waals surface area contributed by atoms with Crippen LogP contribution in [0.1, 0.15) is 24.2 Å². The summed E-state index contributed by atoms with van der Waals surface area (Å²) in [5.74, 6) is 1.06. The Kier molecular flexibility index (Phi) is 5.97. The minimum Gasteiger partial charge on any atom is -0.490 e. The predicted molar refractivity (Wildman–Crippen MR) is 91.0 cm³/mol. The third kappa shape index (κ3) is 4.57. The molecule has 1 N–H and O–H groups in total. The van der Waals surface area contributed by atoms with E-state index in [0.29, 0.717) is 16.4 Å². The Balaban J connectivity index is 2.09. The molecular formula is C15H17N3O2S2. The number of anilines is 1. The molecule has 2 rings (SSSR count). The third-order valence-corrected chi connectivity index (χ3v) is 4.41. The molecular weight excluding hydrogens is 318 g/mol. The van der Waals surface area contributed by atoms with Crippen LogP contribution in [0.25, 0.3) is 0 Å². The maximum atomic E-state index is 12.4. The van der Waals surface area contributed by atoms with E-state index in [0.717, 1.165) is 10.1 Å². The van der Waals surface area contributed by atoms with Crippen LogP contribution in [0, 0.1) is 0 Å². The van der Waals surface area contributed by atoms with Gasteiger partial charge in [-0.3, -0.25) is 10.1 Å². The molecule has 2 aromatic rings. The number of aromatic nitrogens is 2. The van der Waals surface area contributed by atoms with Gasteiger partial charge in [0.15, 0.2) is 4.34 Å². The lowest BCUT2D eigenvalue weighted by atomic mass is 10.2. The van der Waals surface area contributed by atoms with E-state index in [-0.39, 0.29) is 12.0 Å². The standard InChI is InChI=1S/C15H17N3O2S2/c1-4-9-21-15-18-17-14(22-15)16-13(19)11-7-5-6-8-12(11)20-10(2)3/h4-8,10H,1,9H2,2-3H3,(H,16,17,19). The molecule has 0 unspecified atom stereocenters. The lowest BCUT2D eigenvalue weighted by Crippen LogP contribution is -2.15. The van der Waals surface area contributed by atoms with Gasteiger partial charge in [-0.1, -0.05) is 41.3 Å². The van der Waals surface area contributed by atoms with Crippen molar-refractivity contribution in [3.8, 4) is 5.75 Å². The van der Waals surface area contributed by atoms with Crippen molar-refractivity contribution in [2.45, 2.75) is 24.3 Å².